The van der Waals surface area contributed by atoms with E-state index in [0.717, 1.165) is 29.4 Å². The van der Waals surface area contributed by atoms with Crippen molar-refractivity contribution in [3.05, 3.63) is 28.8 Å². The Morgan fingerprint density at radius 1 is 1.15 bits per heavy atom. The molecule has 1 aliphatic heterocycles. The molecule has 1 saturated heterocycles. The second-order valence-corrected chi connectivity index (χ2v) is 6.99. The molecule has 1 aromatic carbocycles. The molecule has 20 heavy (non-hydrogen) atoms. The first kappa shape index (κ1) is 14.2. The zero-order chi connectivity index (χ0) is 14.2. The van der Waals surface area contributed by atoms with E-state index in [1.54, 1.807) is 6.92 Å². The number of piperidine rings is 1. The largest absolute Gasteiger partial charge is 0.389 e. The Morgan fingerprint density at radius 3 is 2.35 bits per heavy atom. The van der Waals surface area contributed by atoms with Gasteiger partial charge in [-0.05, 0) is 55.7 Å². The van der Waals surface area contributed by atoms with Crippen LogP contribution in [-0.2, 0) is 0 Å². The Labute approximate surface area is 126 Å². The second kappa shape index (κ2) is 5.57. The molecule has 2 fully saturated rings. The molecule has 2 aliphatic rings. The zero-order valence-electron chi connectivity index (χ0n) is 12.2. The zero-order valence-corrected chi connectivity index (χ0v) is 13.0. The molecule has 0 radical (unpaired) electrons. The highest BCUT2D eigenvalue weighted by Gasteiger charge is 2.37. The smallest absolute Gasteiger partial charge is 0.0762 e. The Balaban J connectivity index is 1.71. The monoisotopic (exact) mass is 293 g/mol. The van der Waals surface area contributed by atoms with E-state index < -0.39 is 6.10 Å². The lowest BCUT2D eigenvalue weighted by Crippen LogP contribution is -2.39. The van der Waals surface area contributed by atoms with Gasteiger partial charge in [0.1, 0.15) is 0 Å². The summed E-state index contributed by atoms with van der Waals surface area (Å²) in [7, 11) is 0. The first-order chi connectivity index (χ1) is 9.60. The number of hydrogen-bond donors (Lipinski definition) is 1. The lowest BCUT2D eigenvalue weighted by molar-refractivity contribution is 0.199. The van der Waals surface area contributed by atoms with Crippen molar-refractivity contribution in [2.45, 2.75) is 51.6 Å². The molecule has 3 rings (SSSR count). The van der Waals surface area contributed by atoms with E-state index in [-0.39, 0.29) is 0 Å². The Bertz CT molecular complexity index is 470. The molecule has 1 heterocycles. The maximum atomic E-state index is 9.62. The number of anilines is 1. The van der Waals surface area contributed by atoms with Crippen molar-refractivity contribution in [3.63, 3.8) is 0 Å². The first-order valence-electron chi connectivity index (χ1n) is 7.82. The normalized spacial score (nSPS) is 23.2. The lowest BCUT2D eigenvalue weighted by Gasteiger charge is -2.40. The topological polar surface area (TPSA) is 23.5 Å². The van der Waals surface area contributed by atoms with Gasteiger partial charge in [0, 0.05) is 13.1 Å². The fourth-order valence-electron chi connectivity index (χ4n) is 3.89. The molecule has 1 spiro atoms. The van der Waals surface area contributed by atoms with Crippen LogP contribution in [0.5, 0.6) is 0 Å². The van der Waals surface area contributed by atoms with E-state index in [2.05, 4.69) is 11.0 Å². The van der Waals surface area contributed by atoms with E-state index in [9.17, 15) is 5.11 Å². The summed E-state index contributed by atoms with van der Waals surface area (Å²) >= 11 is 6.41. The molecule has 0 bridgehead atoms. The molecule has 110 valence electrons. The third-order valence-corrected chi connectivity index (χ3v) is 5.59. The summed E-state index contributed by atoms with van der Waals surface area (Å²) in [6.45, 7) is 4.01. The van der Waals surface area contributed by atoms with Gasteiger partial charge in [-0.1, -0.05) is 30.5 Å². The molecule has 2 nitrogen and oxygen atoms in total. The minimum atomic E-state index is -0.454. The molecular weight excluding hydrogens is 270 g/mol. The summed E-state index contributed by atoms with van der Waals surface area (Å²) in [5.41, 5.74) is 2.66. The molecule has 1 N–H and O–H groups in total. The predicted molar refractivity (Wildman–Crippen MR) is 84.4 cm³/mol. The standard InChI is InChI=1S/C17H24ClNO/c1-13(20)14-4-5-16(15(18)12-14)19-10-8-17(9-11-19)6-2-3-7-17/h4-5,12-13,20H,2-3,6-11H2,1H3. The van der Waals surface area contributed by atoms with E-state index in [1.165, 1.54) is 38.5 Å². The SMILES string of the molecule is CC(O)c1ccc(N2CCC3(CCCC3)CC2)c(Cl)c1. The van der Waals surface area contributed by atoms with Gasteiger partial charge in [-0.15, -0.1) is 0 Å². The van der Waals surface area contributed by atoms with Crippen molar-refractivity contribution in [2.24, 2.45) is 5.41 Å². The van der Waals surface area contributed by atoms with Gasteiger partial charge in [-0.3, -0.25) is 0 Å². The van der Waals surface area contributed by atoms with Crippen molar-refractivity contribution in [3.8, 4) is 0 Å². The van der Waals surface area contributed by atoms with Crippen molar-refractivity contribution in [1.82, 2.24) is 0 Å². The number of rotatable bonds is 2. The number of aliphatic hydroxyl groups is 1. The summed E-state index contributed by atoms with van der Waals surface area (Å²) in [6.07, 6.45) is 7.85. The van der Waals surface area contributed by atoms with Gasteiger partial charge in [0.15, 0.2) is 0 Å². The molecule has 0 aromatic heterocycles. The first-order valence-corrected chi connectivity index (χ1v) is 8.20. The van der Waals surface area contributed by atoms with E-state index >= 15 is 0 Å². The molecule has 1 unspecified atom stereocenters. The molecule has 1 saturated carbocycles. The van der Waals surface area contributed by atoms with Crippen LogP contribution in [0.4, 0.5) is 5.69 Å². The van der Waals surface area contributed by atoms with Crippen molar-refractivity contribution in [1.29, 1.82) is 0 Å². The predicted octanol–water partition coefficient (Wildman–Crippen LogP) is 4.55. The van der Waals surface area contributed by atoms with Crippen LogP contribution >= 0.6 is 11.6 Å². The Morgan fingerprint density at radius 2 is 1.80 bits per heavy atom. The van der Waals surface area contributed by atoms with Crippen LogP contribution in [0, 0.1) is 5.41 Å². The third-order valence-electron chi connectivity index (χ3n) is 5.28. The summed E-state index contributed by atoms with van der Waals surface area (Å²) in [6, 6.07) is 5.96. The maximum absolute atomic E-state index is 9.62. The van der Waals surface area contributed by atoms with Gasteiger partial charge in [-0.25, -0.2) is 0 Å². The molecular formula is C17H24ClNO. The molecule has 1 aliphatic carbocycles. The van der Waals surface area contributed by atoms with Gasteiger partial charge in [0.25, 0.3) is 0 Å². The van der Waals surface area contributed by atoms with Gasteiger partial charge < -0.3 is 10.0 Å². The molecule has 3 heteroatoms. The van der Waals surface area contributed by atoms with Crippen LogP contribution in [0.2, 0.25) is 5.02 Å². The van der Waals surface area contributed by atoms with Crippen LogP contribution in [0.25, 0.3) is 0 Å². The average Bonchev–Trinajstić information content (AvgIpc) is 2.88. The highest BCUT2D eigenvalue weighted by molar-refractivity contribution is 6.33. The number of hydrogen-bond acceptors (Lipinski definition) is 2. The lowest BCUT2D eigenvalue weighted by atomic mass is 9.77. The van der Waals surface area contributed by atoms with Crippen molar-refractivity contribution < 1.29 is 5.11 Å². The number of benzene rings is 1. The summed E-state index contributed by atoms with van der Waals surface area (Å²) < 4.78 is 0. The van der Waals surface area contributed by atoms with Gasteiger partial charge in [0.05, 0.1) is 16.8 Å². The molecule has 1 aromatic rings. The third kappa shape index (κ3) is 2.68. The van der Waals surface area contributed by atoms with Crippen LogP contribution in [-0.4, -0.2) is 18.2 Å². The van der Waals surface area contributed by atoms with Crippen molar-refractivity contribution >= 4 is 17.3 Å². The summed E-state index contributed by atoms with van der Waals surface area (Å²) in [5.74, 6) is 0. The average molecular weight is 294 g/mol. The Hall–Kier alpha value is -0.730. The van der Waals surface area contributed by atoms with E-state index in [1.807, 2.05) is 12.1 Å². The van der Waals surface area contributed by atoms with Crippen LogP contribution < -0.4 is 4.90 Å². The second-order valence-electron chi connectivity index (χ2n) is 6.58. The highest BCUT2D eigenvalue weighted by Crippen LogP contribution is 2.47. The highest BCUT2D eigenvalue weighted by atomic mass is 35.5. The molecule has 0 amide bonds. The fraction of sp³-hybridized carbons (Fsp3) is 0.647. The van der Waals surface area contributed by atoms with E-state index in [0.29, 0.717) is 5.41 Å². The van der Waals surface area contributed by atoms with Crippen LogP contribution in [0.3, 0.4) is 0 Å². The fourth-order valence-corrected chi connectivity index (χ4v) is 4.19. The van der Waals surface area contributed by atoms with Gasteiger partial charge >= 0.3 is 0 Å². The van der Waals surface area contributed by atoms with Gasteiger partial charge in [0.2, 0.25) is 0 Å². The Kier molecular flexibility index (Phi) is 3.96. The van der Waals surface area contributed by atoms with Gasteiger partial charge in [-0.2, -0.15) is 0 Å². The maximum Gasteiger partial charge on any atom is 0.0762 e. The van der Waals surface area contributed by atoms with Crippen molar-refractivity contribution in [2.75, 3.05) is 18.0 Å². The number of aliphatic hydroxyl groups excluding tert-OH is 1. The summed E-state index contributed by atoms with van der Waals surface area (Å²) in [4.78, 5) is 2.41. The minimum absolute atomic E-state index is 0.454. The quantitative estimate of drug-likeness (QED) is 0.864. The van der Waals surface area contributed by atoms with E-state index in [4.69, 9.17) is 11.6 Å². The number of nitrogens with zero attached hydrogens (tertiary/aromatic N) is 1. The van der Waals surface area contributed by atoms with Crippen LogP contribution in [0.15, 0.2) is 18.2 Å². The minimum Gasteiger partial charge on any atom is -0.389 e. The number of halogens is 1. The van der Waals surface area contributed by atoms with Crippen LogP contribution in [0.1, 0.15) is 57.1 Å². The summed E-state index contributed by atoms with van der Waals surface area (Å²) in [5, 5.41) is 10.4. The molecule has 1 atom stereocenters.